The Morgan fingerprint density at radius 1 is 1.40 bits per heavy atom. The molecule has 1 fully saturated rings. The molecule has 1 heterocycles. The van der Waals surface area contributed by atoms with Crippen LogP contribution in [0.15, 0.2) is 30.3 Å². The summed E-state index contributed by atoms with van der Waals surface area (Å²) in [4.78, 5) is 12.9. The van der Waals surface area contributed by atoms with E-state index in [4.69, 9.17) is 4.74 Å². The van der Waals surface area contributed by atoms with Gasteiger partial charge in [-0.2, -0.15) is 0 Å². The van der Waals surface area contributed by atoms with Crippen molar-refractivity contribution in [3.63, 3.8) is 0 Å². The number of likely N-dealkylation sites (tertiary alicyclic amines) is 1. The number of benzene rings is 1. The van der Waals surface area contributed by atoms with Gasteiger partial charge in [-0.25, -0.2) is 0 Å². The van der Waals surface area contributed by atoms with Crippen molar-refractivity contribution in [2.75, 3.05) is 19.6 Å². The Kier molecular flexibility index (Phi) is 4.73. The number of hydrogen-bond donors (Lipinski definition) is 0. The lowest BCUT2D eigenvalue weighted by atomic mass is 10.1. The molecule has 0 N–H and O–H groups in total. The average Bonchev–Trinajstić information content (AvgIpc) is 2.84. The molecule has 2 rings (SSSR count). The summed E-state index contributed by atoms with van der Waals surface area (Å²) in [5.41, 5.74) is 0.269. The minimum Gasteiger partial charge on any atom is -0.372 e. The lowest BCUT2D eigenvalue weighted by molar-refractivity contribution is -0.560. The van der Waals surface area contributed by atoms with Crippen molar-refractivity contribution in [2.24, 2.45) is 0 Å². The second-order valence-corrected chi connectivity index (χ2v) is 6.01. The lowest BCUT2D eigenvalue weighted by Crippen LogP contribution is -2.43. The molecule has 0 saturated carbocycles. The van der Waals surface area contributed by atoms with Crippen molar-refractivity contribution >= 4 is 0 Å². The van der Waals surface area contributed by atoms with E-state index in [1.165, 1.54) is 0 Å². The maximum atomic E-state index is 10.9. The summed E-state index contributed by atoms with van der Waals surface area (Å²) in [5.74, 6) is 0. The van der Waals surface area contributed by atoms with E-state index < -0.39 is 5.54 Å². The highest BCUT2D eigenvalue weighted by atomic mass is 16.6. The van der Waals surface area contributed by atoms with E-state index in [0.717, 1.165) is 25.1 Å². The van der Waals surface area contributed by atoms with Crippen LogP contribution in [0.3, 0.4) is 0 Å². The Bertz CT molecular complexity index is 448. The normalized spacial score (nSPS) is 20.2. The Labute approximate surface area is 119 Å². The third-order valence-electron chi connectivity index (χ3n) is 3.66. The molecular weight excluding hydrogens is 256 g/mol. The van der Waals surface area contributed by atoms with Gasteiger partial charge in [-0.1, -0.05) is 30.3 Å². The predicted octanol–water partition coefficient (Wildman–Crippen LogP) is 2.33. The highest BCUT2D eigenvalue weighted by molar-refractivity contribution is 5.13. The first kappa shape index (κ1) is 14.9. The fourth-order valence-corrected chi connectivity index (χ4v) is 2.47. The second-order valence-electron chi connectivity index (χ2n) is 6.01. The molecule has 5 nitrogen and oxygen atoms in total. The molecular formula is C15H22N2O3. The Balaban J connectivity index is 1.77. The zero-order valence-electron chi connectivity index (χ0n) is 12.1. The molecule has 0 bridgehead atoms. The zero-order chi connectivity index (χ0) is 14.6. The Hall–Kier alpha value is -1.46. The van der Waals surface area contributed by atoms with Gasteiger partial charge in [-0.15, -0.1) is 0 Å². The summed E-state index contributed by atoms with van der Waals surface area (Å²) in [6.45, 7) is 6.08. The molecule has 1 atom stereocenters. The molecule has 0 aliphatic carbocycles. The molecule has 1 aromatic rings. The molecule has 1 saturated heterocycles. The smallest absolute Gasteiger partial charge is 0.229 e. The number of hydrogen-bond acceptors (Lipinski definition) is 4. The van der Waals surface area contributed by atoms with Crippen LogP contribution in [0, 0.1) is 10.1 Å². The Morgan fingerprint density at radius 2 is 2.10 bits per heavy atom. The van der Waals surface area contributed by atoms with Gasteiger partial charge < -0.3 is 4.74 Å². The quantitative estimate of drug-likeness (QED) is 0.592. The fraction of sp³-hybridized carbons (Fsp3) is 0.600. The highest BCUT2D eigenvalue weighted by Crippen LogP contribution is 2.18. The van der Waals surface area contributed by atoms with E-state index in [1.54, 1.807) is 13.8 Å². The van der Waals surface area contributed by atoms with Crippen molar-refractivity contribution in [3.8, 4) is 0 Å². The molecule has 1 aromatic carbocycles. The molecule has 20 heavy (non-hydrogen) atoms. The fourth-order valence-electron chi connectivity index (χ4n) is 2.47. The van der Waals surface area contributed by atoms with Crippen LogP contribution in [-0.2, 0) is 11.3 Å². The number of rotatable bonds is 6. The summed E-state index contributed by atoms with van der Waals surface area (Å²) in [6, 6.07) is 10.1. The second kappa shape index (κ2) is 6.33. The first-order chi connectivity index (χ1) is 9.47. The van der Waals surface area contributed by atoms with Gasteiger partial charge in [0.15, 0.2) is 0 Å². The van der Waals surface area contributed by atoms with Crippen LogP contribution in [0.2, 0.25) is 0 Å². The molecule has 110 valence electrons. The predicted molar refractivity (Wildman–Crippen MR) is 77.1 cm³/mol. The third-order valence-corrected chi connectivity index (χ3v) is 3.66. The van der Waals surface area contributed by atoms with Crippen LogP contribution in [0.5, 0.6) is 0 Å². The van der Waals surface area contributed by atoms with E-state index in [0.29, 0.717) is 13.2 Å². The molecule has 0 spiro atoms. The van der Waals surface area contributed by atoms with Gasteiger partial charge >= 0.3 is 0 Å². The van der Waals surface area contributed by atoms with E-state index >= 15 is 0 Å². The molecule has 1 aliphatic heterocycles. The van der Waals surface area contributed by atoms with Gasteiger partial charge in [-0.05, 0) is 12.0 Å². The largest absolute Gasteiger partial charge is 0.372 e. The first-order valence-electron chi connectivity index (χ1n) is 7.00. The minimum absolute atomic E-state index is 0.178. The topological polar surface area (TPSA) is 55.6 Å². The van der Waals surface area contributed by atoms with Gasteiger partial charge in [0.2, 0.25) is 5.54 Å². The van der Waals surface area contributed by atoms with Crippen LogP contribution >= 0.6 is 0 Å². The molecule has 0 aromatic heterocycles. The molecule has 1 aliphatic rings. The molecule has 0 radical (unpaired) electrons. The SMILES string of the molecule is CC(C)(CN1CC[C@@H](OCc2ccccc2)C1)[N+](=O)[O-]. The van der Waals surface area contributed by atoms with Crippen LogP contribution in [-0.4, -0.2) is 41.1 Å². The van der Waals surface area contributed by atoms with Crippen molar-refractivity contribution in [1.82, 2.24) is 4.90 Å². The van der Waals surface area contributed by atoms with Crippen LogP contribution < -0.4 is 0 Å². The summed E-state index contributed by atoms with van der Waals surface area (Å²) < 4.78 is 5.88. The van der Waals surface area contributed by atoms with Crippen LogP contribution in [0.25, 0.3) is 0 Å². The summed E-state index contributed by atoms with van der Waals surface area (Å²) in [7, 11) is 0. The minimum atomic E-state index is -0.895. The Morgan fingerprint density at radius 3 is 2.75 bits per heavy atom. The van der Waals surface area contributed by atoms with Gasteiger partial charge in [-0.3, -0.25) is 15.0 Å². The van der Waals surface area contributed by atoms with Crippen molar-refractivity contribution in [2.45, 2.75) is 38.5 Å². The number of nitrogens with zero attached hydrogens (tertiary/aromatic N) is 2. The van der Waals surface area contributed by atoms with E-state index in [2.05, 4.69) is 4.90 Å². The maximum absolute atomic E-state index is 10.9. The van der Waals surface area contributed by atoms with Gasteiger partial charge in [0.05, 0.1) is 19.3 Å². The van der Waals surface area contributed by atoms with Crippen molar-refractivity contribution < 1.29 is 9.66 Å². The van der Waals surface area contributed by atoms with Crippen molar-refractivity contribution in [1.29, 1.82) is 0 Å². The molecule has 0 amide bonds. The highest BCUT2D eigenvalue weighted by Gasteiger charge is 2.36. The van der Waals surface area contributed by atoms with E-state index in [1.807, 2.05) is 30.3 Å². The number of nitro groups is 1. The van der Waals surface area contributed by atoms with Crippen LogP contribution in [0.4, 0.5) is 0 Å². The molecule has 5 heteroatoms. The van der Waals surface area contributed by atoms with Gasteiger partial charge in [0.25, 0.3) is 0 Å². The zero-order valence-corrected chi connectivity index (χ0v) is 12.1. The molecule has 0 unspecified atom stereocenters. The van der Waals surface area contributed by atoms with Gasteiger partial charge in [0, 0.05) is 31.9 Å². The monoisotopic (exact) mass is 278 g/mol. The summed E-state index contributed by atoms with van der Waals surface area (Å²) >= 11 is 0. The van der Waals surface area contributed by atoms with Crippen molar-refractivity contribution in [3.05, 3.63) is 46.0 Å². The number of ether oxygens (including phenoxy) is 1. The van der Waals surface area contributed by atoms with Crippen LogP contribution in [0.1, 0.15) is 25.8 Å². The average molecular weight is 278 g/mol. The van der Waals surface area contributed by atoms with E-state index in [-0.39, 0.29) is 11.0 Å². The maximum Gasteiger partial charge on any atom is 0.229 e. The first-order valence-corrected chi connectivity index (χ1v) is 7.00. The van der Waals surface area contributed by atoms with Gasteiger partial charge in [0.1, 0.15) is 0 Å². The summed E-state index contributed by atoms with van der Waals surface area (Å²) in [6.07, 6.45) is 1.12. The summed E-state index contributed by atoms with van der Waals surface area (Å²) in [5, 5.41) is 10.9. The van der Waals surface area contributed by atoms with E-state index in [9.17, 15) is 10.1 Å². The third kappa shape index (κ3) is 4.02. The standard InChI is InChI=1S/C15H22N2O3/c1-15(2,17(18)19)12-16-9-8-14(10-16)20-11-13-6-4-3-5-7-13/h3-7,14H,8-12H2,1-2H3/t14-/m1/s1. The lowest BCUT2D eigenvalue weighted by Gasteiger charge is -2.23.